The molecule has 2 fully saturated rings. The number of hydrogen-bond acceptors (Lipinski definition) is 2. The van der Waals surface area contributed by atoms with Crippen LogP contribution in [0.1, 0.15) is 77.6 Å². The molecule has 2 N–H and O–H groups in total. The van der Waals surface area contributed by atoms with Crippen LogP contribution in [0.4, 0.5) is 0 Å². The summed E-state index contributed by atoms with van der Waals surface area (Å²) in [4.78, 5) is 23.4. The maximum Gasteiger partial charge on any atom is 0.303 e. The second-order valence-corrected chi connectivity index (χ2v) is 7.16. The summed E-state index contributed by atoms with van der Waals surface area (Å²) < 4.78 is 0. The summed E-state index contributed by atoms with van der Waals surface area (Å²) in [6, 6.07) is 0.305. The molecule has 4 heteroatoms. The fraction of sp³-hybridized carbons (Fsp3) is 0.882. The van der Waals surface area contributed by atoms with Gasteiger partial charge in [0, 0.05) is 12.5 Å². The smallest absolute Gasteiger partial charge is 0.303 e. The van der Waals surface area contributed by atoms with Crippen LogP contribution in [0.25, 0.3) is 0 Å². The van der Waals surface area contributed by atoms with Gasteiger partial charge in [-0.2, -0.15) is 0 Å². The van der Waals surface area contributed by atoms with Crippen LogP contribution in [-0.2, 0) is 9.59 Å². The van der Waals surface area contributed by atoms with E-state index in [9.17, 15) is 9.59 Å². The van der Waals surface area contributed by atoms with E-state index >= 15 is 0 Å². The third-order valence-electron chi connectivity index (χ3n) is 5.45. The highest BCUT2D eigenvalue weighted by Crippen LogP contribution is 2.44. The molecule has 0 bridgehead atoms. The molecule has 0 aromatic rings. The number of aliphatic carboxylic acids is 1. The Balaban J connectivity index is 1.86. The van der Waals surface area contributed by atoms with Crippen molar-refractivity contribution in [3.05, 3.63) is 0 Å². The molecular formula is C17H29NO3. The molecule has 2 rings (SSSR count). The molecule has 0 radical (unpaired) electrons. The minimum Gasteiger partial charge on any atom is -0.481 e. The van der Waals surface area contributed by atoms with Gasteiger partial charge < -0.3 is 10.4 Å². The topological polar surface area (TPSA) is 66.4 Å². The summed E-state index contributed by atoms with van der Waals surface area (Å²) in [7, 11) is 0. The Kier molecular flexibility index (Phi) is 5.65. The highest BCUT2D eigenvalue weighted by molar-refractivity contribution is 5.78. The summed E-state index contributed by atoms with van der Waals surface area (Å²) in [5.74, 6) is 0.0387. The second-order valence-electron chi connectivity index (χ2n) is 7.16. The summed E-state index contributed by atoms with van der Waals surface area (Å²) in [6.07, 6.45) is 10.3. The number of carboxylic acids is 1. The molecule has 0 saturated heterocycles. The van der Waals surface area contributed by atoms with E-state index in [1.807, 2.05) is 0 Å². The molecule has 0 spiro atoms. The van der Waals surface area contributed by atoms with Crippen molar-refractivity contribution in [1.82, 2.24) is 5.32 Å². The summed E-state index contributed by atoms with van der Waals surface area (Å²) in [5.41, 5.74) is -0.283. The fourth-order valence-corrected chi connectivity index (χ4v) is 4.27. The maximum absolute atomic E-state index is 12.3. The molecule has 0 aromatic heterocycles. The number of carbonyl (C=O) groups is 2. The number of rotatable bonds is 6. The lowest BCUT2D eigenvalue weighted by atomic mass is 9.79. The lowest BCUT2D eigenvalue weighted by molar-refractivity contribution is -0.140. The Hall–Kier alpha value is -1.06. The van der Waals surface area contributed by atoms with Crippen molar-refractivity contribution in [1.29, 1.82) is 0 Å². The van der Waals surface area contributed by atoms with Crippen molar-refractivity contribution >= 4 is 11.9 Å². The zero-order chi connectivity index (χ0) is 15.3. The minimum atomic E-state index is -0.770. The number of amides is 1. The lowest BCUT2D eigenvalue weighted by Crippen LogP contribution is -2.40. The van der Waals surface area contributed by atoms with E-state index in [0.29, 0.717) is 12.5 Å². The third kappa shape index (κ3) is 4.72. The van der Waals surface area contributed by atoms with Crippen LogP contribution in [0.5, 0.6) is 0 Å². The minimum absolute atomic E-state index is 0.0694. The second kappa shape index (κ2) is 7.28. The van der Waals surface area contributed by atoms with Gasteiger partial charge in [-0.05, 0) is 37.0 Å². The quantitative estimate of drug-likeness (QED) is 0.788. The molecular weight excluding hydrogens is 266 g/mol. The molecule has 4 nitrogen and oxygen atoms in total. The number of nitrogens with one attached hydrogen (secondary N) is 1. The van der Waals surface area contributed by atoms with Crippen LogP contribution in [-0.4, -0.2) is 23.0 Å². The Bertz CT molecular complexity index is 374. The first-order valence-corrected chi connectivity index (χ1v) is 8.54. The molecule has 2 aliphatic rings. The van der Waals surface area contributed by atoms with Gasteiger partial charge in [0.25, 0.3) is 0 Å². The molecule has 2 unspecified atom stereocenters. The van der Waals surface area contributed by atoms with Crippen molar-refractivity contribution < 1.29 is 14.7 Å². The Morgan fingerprint density at radius 2 is 1.86 bits per heavy atom. The number of carboxylic acid groups (broad SMARTS) is 1. The monoisotopic (exact) mass is 295 g/mol. The van der Waals surface area contributed by atoms with Gasteiger partial charge >= 0.3 is 5.97 Å². The van der Waals surface area contributed by atoms with Crippen LogP contribution in [0.15, 0.2) is 0 Å². The van der Waals surface area contributed by atoms with Crippen LogP contribution in [0.2, 0.25) is 0 Å². The predicted molar refractivity (Wildman–Crippen MR) is 82.0 cm³/mol. The van der Waals surface area contributed by atoms with Crippen LogP contribution >= 0.6 is 0 Å². The third-order valence-corrected chi connectivity index (χ3v) is 5.45. The molecule has 1 amide bonds. The Labute approximate surface area is 127 Å². The summed E-state index contributed by atoms with van der Waals surface area (Å²) >= 11 is 0. The van der Waals surface area contributed by atoms with E-state index < -0.39 is 5.97 Å². The average molecular weight is 295 g/mol. The SMILES string of the molecule is CCC1CCCC(NC(=O)CC2(CC(=O)O)CCCC2)C1. The van der Waals surface area contributed by atoms with Gasteiger partial charge in [0.2, 0.25) is 5.91 Å². The largest absolute Gasteiger partial charge is 0.481 e. The van der Waals surface area contributed by atoms with Gasteiger partial charge in [-0.3, -0.25) is 9.59 Å². The van der Waals surface area contributed by atoms with E-state index in [1.165, 1.54) is 19.3 Å². The Morgan fingerprint density at radius 1 is 1.14 bits per heavy atom. The van der Waals surface area contributed by atoms with Gasteiger partial charge in [0.05, 0.1) is 6.42 Å². The average Bonchev–Trinajstić information content (AvgIpc) is 2.85. The first kappa shape index (κ1) is 16.3. The molecule has 0 heterocycles. The molecule has 120 valence electrons. The summed E-state index contributed by atoms with van der Waals surface area (Å²) in [6.45, 7) is 2.22. The van der Waals surface area contributed by atoms with E-state index in [0.717, 1.165) is 44.4 Å². The van der Waals surface area contributed by atoms with Crippen molar-refractivity contribution in [3.63, 3.8) is 0 Å². The van der Waals surface area contributed by atoms with Gasteiger partial charge in [-0.25, -0.2) is 0 Å². The molecule has 2 aliphatic carbocycles. The van der Waals surface area contributed by atoms with Crippen molar-refractivity contribution in [2.24, 2.45) is 11.3 Å². The Morgan fingerprint density at radius 3 is 2.48 bits per heavy atom. The number of carbonyl (C=O) groups excluding carboxylic acids is 1. The van der Waals surface area contributed by atoms with Gasteiger partial charge in [-0.15, -0.1) is 0 Å². The summed E-state index contributed by atoms with van der Waals surface area (Å²) in [5, 5.41) is 12.3. The van der Waals surface area contributed by atoms with Crippen LogP contribution in [0, 0.1) is 11.3 Å². The van der Waals surface area contributed by atoms with E-state index in [-0.39, 0.29) is 17.7 Å². The van der Waals surface area contributed by atoms with Crippen LogP contribution < -0.4 is 5.32 Å². The molecule has 2 saturated carbocycles. The standard InChI is InChI=1S/C17H29NO3/c1-2-13-6-5-7-14(10-13)18-15(19)11-17(12-16(20)21)8-3-4-9-17/h13-14H,2-12H2,1H3,(H,18,19)(H,20,21). The molecule has 2 atom stereocenters. The first-order valence-electron chi connectivity index (χ1n) is 8.54. The zero-order valence-electron chi connectivity index (χ0n) is 13.2. The van der Waals surface area contributed by atoms with Crippen molar-refractivity contribution in [3.8, 4) is 0 Å². The normalized spacial score (nSPS) is 28.2. The van der Waals surface area contributed by atoms with Gasteiger partial charge in [0.1, 0.15) is 0 Å². The maximum atomic E-state index is 12.3. The molecule has 0 aliphatic heterocycles. The number of hydrogen-bond donors (Lipinski definition) is 2. The first-order chi connectivity index (χ1) is 10.0. The highest BCUT2D eigenvalue weighted by atomic mass is 16.4. The van der Waals surface area contributed by atoms with Gasteiger partial charge in [-0.1, -0.05) is 39.0 Å². The highest BCUT2D eigenvalue weighted by Gasteiger charge is 2.38. The van der Waals surface area contributed by atoms with E-state index in [4.69, 9.17) is 5.11 Å². The van der Waals surface area contributed by atoms with E-state index in [1.54, 1.807) is 0 Å². The predicted octanol–water partition coefficient (Wildman–Crippen LogP) is 3.50. The van der Waals surface area contributed by atoms with Crippen molar-refractivity contribution in [2.75, 3.05) is 0 Å². The zero-order valence-corrected chi connectivity index (χ0v) is 13.2. The fourth-order valence-electron chi connectivity index (χ4n) is 4.27. The van der Waals surface area contributed by atoms with Gasteiger partial charge in [0.15, 0.2) is 0 Å². The lowest BCUT2D eigenvalue weighted by Gasteiger charge is -2.31. The van der Waals surface area contributed by atoms with Crippen molar-refractivity contribution in [2.45, 2.75) is 83.6 Å². The van der Waals surface area contributed by atoms with Crippen LogP contribution in [0.3, 0.4) is 0 Å². The molecule has 0 aromatic carbocycles. The van der Waals surface area contributed by atoms with E-state index in [2.05, 4.69) is 12.2 Å². The molecule has 21 heavy (non-hydrogen) atoms.